The molecule has 3 rings (SSSR count). The van der Waals surface area contributed by atoms with Crippen molar-refractivity contribution in [2.45, 2.75) is 26.6 Å². The van der Waals surface area contributed by atoms with Gasteiger partial charge in [0.1, 0.15) is 6.54 Å². The molecule has 0 radical (unpaired) electrons. The van der Waals surface area contributed by atoms with Crippen molar-refractivity contribution >= 4 is 28.4 Å². The average Bonchev–Trinajstić information content (AvgIpc) is 2.76. The average molecular weight is 462 g/mol. The van der Waals surface area contributed by atoms with Gasteiger partial charge in [-0.2, -0.15) is 13.2 Å². The van der Waals surface area contributed by atoms with E-state index in [4.69, 9.17) is 0 Å². The summed E-state index contributed by atoms with van der Waals surface area (Å²) in [5, 5.41) is 2.42. The summed E-state index contributed by atoms with van der Waals surface area (Å²) in [5.74, 6) is -1.39. The van der Waals surface area contributed by atoms with Crippen LogP contribution in [0.15, 0.2) is 52.1 Å². The summed E-state index contributed by atoms with van der Waals surface area (Å²) >= 11 is 0. The van der Waals surface area contributed by atoms with Crippen LogP contribution in [-0.2, 0) is 17.5 Å². The van der Waals surface area contributed by atoms with E-state index >= 15 is 0 Å². The number of para-hydroxylation sites is 1. The lowest BCUT2D eigenvalue weighted by Crippen LogP contribution is -2.38. The van der Waals surface area contributed by atoms with Crippen LogP contribution in [-0.4, -0.2) is 39.4 Å². The van der Waals surface area contributed by atoms with E-state index in [-0.39, 0.29) is 29.6 Å². The molecule has 0 aliphatic carbocycles. The lowest BCUT2D eigenvalue weighted by atomic mass is 10.1. The van der Waals surface area contributed by atoms with Gasteiger partial charge in [-0.05, 0) is 44.2 Å². The summed E-state index contributed by atoms with van der Waals surface area (Å²) in [4.78, 5) is 53.4. The number of nitrogens with one attached hydrogen (secondary N) is 2. The molecule has 0 atom stereocenters. The Morgan fingerprint density at radius 1 is 1.09 bits per heavy atom. The fraction of sp³-hybridized carbons (Fsp3) is 0.273. The molecular weight excluding hydrogens is 441 g/mol. The molecular formula is C22H21F3N4O4. The van der Waals surface area contributed by atoms with Gasteiger partial charge < -0.3 is 15.2 Å². The van der Waals surface area contributed by atoms with Crippen LogP contribution in [0, 0.1) is 0 Å². The summed E-state index contributed by atoms with van der Waals surface area (Å²) in [6, 6.07) is 8.67. The third-order valence-electron chi connectivity index (χ3n) is 5.06. The summed E-state index contributed by atoms with van der Waals surface area (Å²) in [6.45, 7) is 3.04. The van der Waals surface area contributed by atoms with Crippen LogP contribution in [0.2, 0.25) is 0 Å². The standard InChI is InChI=1S/C22H21F3N4O4/c1-3-28(12-18(30)26-16-8-6-5-7-15(16)22(23,24)25)19(31)13-9-10-14-17(11-13)27-21(33)29(4-2)20(14)32/h5-11H,3-4,12H2,1-2H3,(H,26,30)(H,27,33). The number of likely N-dealkylation sites (N-methyl/N-ethyl adjacent to an activating group) is 1. The summed E-state index contributed by atoms with van der Waals surface area (Å²) < 4.78 is 40.5. The smallest absolute Gasteiger partial charge is 0.330 e. The number of nitrogens with zero attached hydrogens (tertiary/aromatic N) is 2. The fourth-order valence-corrected chi connectivity index (χ4v) is 3.39. The van der Waals surface area contributed by atoms with E-state index in [0.717, 1.165) is 21.6 Å². The third kappa shape index (κ3) is 4.97. The molecule has 3 aromatic rings. The van der Waals surface area contributed by atoms with Gasteiger partial charge in [-0.3, -0.25) is 19.0 Å². The number of hydrogen-bond donors (Lipinski definition) is 2. The highest BCUT2D eigenvalue weighted by Crippen LogP contribution is 2.34. The van der Waals surface area contributed by atoms with Gasteiger partial charge >= 0.3 is 11.9 Å². The monoisotopic (exact) mass is 462 g/mol. The number of aromatic amines is 1. The van der Waals surface area contributed by atoms with Crippen LogP contribution in [0.5, 0.6) is 0 Å². The number of aromatic nitrogens is 2. The Labute approximate surface area is 185 Å². The Kier molecular flexibility index (Phi) is 6.70. The molecule has 1 heterocycles. The highest BCUT2D eigenvalue weighted by atomic mass is 19.4. The van der Waals surface area contributed by atoms with Crippen molar-refractivity contribution in [1.29, 1.82) is 0 Å². The van der Waals surface area contributed by atoms with E-state index in [1.165, 1.54) is 30.3 Å². The minimum Gasteiger partial charge on any atom is -0.330 e. The van der Waals surface area contributed by atoms with Gasteiger partial charge in [0.25, 0.3) is 11.5 Å². The normalized spacial score (nSPS) is 11.4. The highest BCUT2D eigenvalue weighted by Gasteiger charge is 2.33. The largest absolute Gasteiger partial charge is 0.418 e. The number of carbonyl (C=O) groups is 2. The Bertz CT molecular complexity index is 1330. The molecule has 2 N–H and O–H groups in total. The Hall–Kier alpha value is -3.89. The molecule has 0 spiro atoms. The first-order valence-electron chi connectivity index (χ1n) is 10.1. The number of H-pyrrole nitrogens is 1. The second kappa shape index (κ2) is 9.31. The van der Waals surface area contributed by atoms with Crippen molar-refractivity contribution in [3.05, 3.63) is 74.4 Å². The number of benzene rings is 2. The zero-order chi connectivity index (χ0) is 24.3. The minimum absolute atomic E-state index is 0.0964. The first-order chi connectivity index (χ1) is 15.6. The van der Waals surface area contributed by atoms with E-state index in [0.29, 0.717) is 0 Å². The quantitative estimate of drug-likeness (QED) is 0.588. The fourth-order valence-electron chi connectivity index (χ4n) is 3.39. The van der Waals surface area contributed by atoms with Crippen LogP contribution < -0.4 is 16.6 Å². The molecule has 0 aliphatic rings. The maximum atomic E-state index is 13.1. The number of alkyl halides is 3. The number of halogens is 3. The summed E-state index contributed by atoms with van der Waals surface area (Å²) in [6.07, 6.45) is -4.65. The third-order valence-corrected chi connectivity index (χ3v) is 5.06. The zero-order valence-corrected chi connectivity index (χ0v) is 17.8. The Balaban J connectivity index is 1.83. The second-order valence-corrected chi connectivity index (χ2v) is 7.15. The molecule has 0 aliphatic heterocycles. The number of amides is 2. The maximum Gasteiger partial charge on any atom is 0.418 e. The lowest BCUT2D eigenvalue weighted by Gasteiger charge is -2.21. The van der Waals surface area contributed by atoms with E-state index in [2.05, 4.69) is 10.3 Å². The molecule has 2 aromatic carbocycles. The van der Waals surface area contributed by atoms with Crippen LogP contribution >= 0.6 is 0 Å². The van der Waals surface area contributed by atoms with Gasteiger partial charge in [0.05, 0.1) is 22.2 Å². The number of rotatable bonds is 6. The molecule has 33 heavy (non-hydrogen) atoms. The lowest BCUT2D eigenvalue weighted by molar-refractivity contribution is -0.137. The van der Waals surface area contributed by atoms with Gasteiger partial charge in [0, 0.05) is 18.7 Å². The highest BCUT2D eigenvalue weighted by molar-refractivity contribution is 6.01. The van der Waals surface area contributed by atoms with E-state index in [1.807, 2.05) is 0 Å². The molecule has 174 valence electrons. The van der Waals surface area contributed by atoms with E-state index < -0.39 is 47.0 Å². The van der Waals surface area contributed by atoms with Gasteiger partial charge in [-0.15, -0.1) is 0 Å². The van der Waals surface area contributed by atoms with Crippen molar-refractivity contribution in [2.24, 2.45) is 0 Å². The van der Waals surface area contributed by atoms with E-state index in [9.17, 15) is 32.3 Å². The van der Waals surface area contributed by atoms with Crippen LogP contribution in [0.1, 0.15) is 29.8 Å². The Morgan fingerprint density at radius 3 is 2.42 bits per heavy atom. The van der Waals surface area contributed by atoms with Crippen LogP contribution in [0.3, 0.4) is 0 Å². The number of hydrogen-bond acceptors (Lipinski definition) is 4. The Morgan fingerprint density at radius 2 is 1.79 bits per heavy atom. The van der Waals surface area contributed by atoms with Gasteiger partial charge in [-0.1, -0.05) is 12.1 Å². The van der Waals surface area contributed by atoms with Gasteiger partial charge in [0.15, 0.2) is 0 Å². The summed E-state index contributed by atoms with van der Waals surface area (Å²) in [5.41, 5.74) is -2.24. The molecule has 0 unspecified atom stereocenters. The van der Waals surface area contributed by atoms with Gasteiger partial charge in [0.2, 0.25) is 5.91 Å². The molecule has 1 aromatic heterocycles. The maximum absolute atomic E-state index is 13.1. The number of fused-ring (bicyclic) bond motifs is 1. The van der Waals surface area contributed by atoms with Crippen molar-refractivity contribution in [3.63, 3.8) is 0 Å². The molecule has 8 nitrogen and oxygen atoms in total. The zero-order valence-electron chi connectivity index (χ0n) is 17.8. The van der Waals surface area contributed by atoms with Crippen molar-refractivity contribution in [3.8, 4) is 0 Å². The number of carbonyl (C=O) groups excluding carboxylic acids is 2. The minimum atomic E-state index is -4.65. The van der Waals surface area contributed by atoms with Crippen molar-refractivity contribution in [2.75, 3.05) is 18.4 Å². The topological polar surface area (TPSA) is 104 Å². The predicted molar refractivity (Wildman–Crippen MR) is 116 cm³/mol. The number of anilines is 1. The predicted octanol–water partition coefficient (Wildman–Crippen LogP) is 2.83. The first-order valence-corrected chi connectivity index (χ1v) is 10.1. The molecule has 2 amide bonds. The van der Waals surface area contributed by atoms with Crippen molar-refractivity contribution in [1.82, 2.24) is 14.5 Å². The van der Waals surface area contributed by atoms with Crippen LogP contribution in [0.25, 0.3) is 10.9 Å². The second-order valence-electron chi connectivity index (χ2n) is 7.15. The van der Waals surface area contributed by atoms with Gasteiger partial charge in [-0.25, -0.2) is 4.79 Å². The SMILES string of the molecule is CCN(CC(=O)Nc1ccccc1C(F)(F)F)C(=O)c1ccc2c(=O)n(CC)c(=O)[nH]c2c1. The van der Waals surface area contributed by atoms with E-state index in [1.54, 1.807) is 13.8 Å². The molecule has 0 saturated heterocycles. The van der Waals surface area contributed by atoms with Crippen LogP contribution in [0.4, 0.5) is 18.9 Å². The molecule has 11 heteroatoms. The molecule has 0 fully saturated rings. The first kappa shape index (κ1) is 23.8. The molecule has 0 bridgehead atoms. The van der Waals surface area contributed by atoms with Crippen molar-refractivity contribution < 1.29 is 22.8 Å². The molecule has 0 saturated carbocycles. The summed E-state index contributed by atoms with van der Waals surface area (Å²) in [7, 11) is 0.